The van der Waals surface area contributed by atoms with Crippen LogP contribution in [0.4, 0.5) is 0 Å². The highest BCUT2D eigenvalue weighted by Gasteiger charge is 2.38. The molecule has 11 nitrogen and oxygen atoms in total. The molecule has 0 spiro atoms. The number of benzene rings is 1. The lowest BCUT2D eigenvalue weighted by atomic mass is 9.86. The molecule has 0 aliphatic rings. The van der Waals surface area contributed by atoms with E-state index in [9.17, 15) is 34.2 Å². The molecule has 0 radical (unpaired) electrons. The van der Waals surface area contributed by atoms with E-state index in [0.717, 1.165) is 7.11 Å². The van der Waals surface area contributed by atoms with E-state index in [1.807, 2.05) is 0 Å². The number of aromatic carboxylic acids is 5. The maximum atomic E-state index is 11.4. The van der Waals surface area contributed by atoms with Crippen LogP contribution in [-0.4, -0.2) is 62.5 Å². The Balaban J connectivity index is 4.36. The molecule has 0 saturated heterocycles. The summed E-state index contributed by atoms with van der Waals surface area (Å²) < 4.78 is 4.62. The van der Waals surface area contributed by atoms with Gasteiger partial charge in [-0.05, 0) is 0 Å². The molecule has 0 fully saturated rings. The third-order valence-corrected chi connectivity index (χ3v) is 2.96. The summed E-state index contributed by atoms with van der Waals surface area (Å²) in [5, 5.41) is 45.9. The quantitative estimate of drug-likeness (QED) is 0.457. The van der Waals surface area contributed by atoms with Crippen molar-refractivity contribution in [1.29, 1.82) is 0 Å². The number of carboxylic acid groups (broad SMARTS) is 5. The van der Waals surface area contributed by atoms with Crippen LogP contribution in [0.15, 0.2) is 0 Å². The molecule has 0 saturated carbocycles. The highest BCUT2D eigenvalue weighted by molar-refractivity contribution is 6.18. The molecule has 0 amide bonds. The summed E-state index contributed by atoms with van der Waals surface area (Å²) in [4.78, 5) is 56.8. The van der Waals surface area contributed by atoms with Gasteiger partial charge in [-0.25, -0.2) is 24.0 Å². The van der Waals surface area contributed by atoms with Crippen molar-refractivity contribution in [3.8, 4) is 0 Å². The molecule has 0 aromatic heterocycles. The molecule has 0 heterocycles. The number of carbonyl (C=O) groups is 5. The lowest BCUT2D eigenvalue weighted by molar-refractivity contribution is 0.0604. The summed E-state index contributed by atoms with van der Waals surface area (Å²) in [6.45, 7) is -0.760. The van der Waals surface area contributed by atoms with Gasteiger partial charge in [-0.2, -0.15) is 0 Å². The minimum atomic E-state index is -2.10. The first kappa shape index (κ1) is 18.6. The molecule has 24 heavy (non-hydrogen) atoms. The van der Waals surface area contributed by atoms with Crippen LogP contribution in [0.5, 0.6) is 0 Å². The predicted octanol–water partition coefficient (Wildman–Crippen LogP) is 0.324. The van der Waals surface area contributed by atoms with Gasteiger partial charge in [0.25, 0.3) is 0 Å². The van der Waals surface area contributed by atoms with Crippen molar-refractivity contribution in [3.63, 3.8) is 0 Å². The number of methoxy groups -OCH3 is 1. The number of rotatable bonds is 7. The molecular formula is C13H10O11. The summed E-state index contributed by atoms with van der Waals surface area (Å²) in [6.07, 6.45) is 0. The molecule has 11 heteroatoms. The van der Waals surface area contributed by atoms with Crippen LogP contribution >= 0.6 is 0 Å². The van der Waals surface area contributed by atoms with Crippen molar-refractivity contribution in [2.45, 2.75) is 6.61 Å². The molecule has 0 aliphatic heterocycles. The summed E-state index contributed by atoms with van der Waals surface area (Å²) in [5.74, 6) is -10.1. The summed E-state index contributed by atoms with van der Waals surface area (Å²) >= 11 is 0. The van der Waals surface area contributed by atoms with Gasteiger partial charge < -0.3 is 30.3 Å². The Morgan fingerprint density at radius 3 is 1.08 bits per heavy atom. The normalized spacial score (nSPS) is 10.2. The Labute approximate surface area is 132 Å². The SMILES string of the molecule is COCc1c(C(=O)O)c(C(=O)O)c(C(=O)O)c(C(=O)O)c1C(=O)O. The van der Waals surface area contributed by atoms with Gasteiger partial charge in [-0.1, -0.05) is 0 Å². The lowest BCUT2D eigenvalue weighted by Gasteiger charge is -2.17. The molecule has 1 aromatic rings. The van der Waals surface area contributed by atoms with Gasteiger partial charge >= 0.3 is 29.8 Å². The van der Waals surface area contributed by atoms with Gasteiger partial charge in [0, 0.05) is 12.7 Å². The number of ether oxygens (including phenoxy) is 1. The average Bonchev–Trinajstić information content (AvgIpc) is 2.44. The maximum Gasteiger partial charge on any atom is 0.337 e. The molecule has 0 unspecified atom stereocenters. The molecular weight excluding hydrogens is 332 g/mol. The minimum absolute atomic E-state index is 0.760. The van der Waals surface area contributed by atoms with E-state index < -0.39 is 69.8 Å². The first-order chi connectivity index (χ1) is 11.1. The number of carboxylic acids is 5. The van der Waals surface area contributed by atoms with E-state index in [1.54, 1.807) is 0 Å². The van der Waals surface area contributed by atoms with Crippen molar-refractivity contribution in [2.24, 2.45) is 0 Å². The van der Waals surface area contributed by atoms with Crippen LogP contribution in [-0.2, 0) is 11.3 Å². The van der Waals surface area contributed by atoms with Crippen molar-refractivity contribution < 1.29 is 54.2 Å². The third-order valence-electron chi connectivity index (χ3n) is 2.96. The monoisotopic (exact) mass is 342 g/mol. The summed E-state index contributed by atoms with van der Waals surface area (Å²) in [5.41, 5.74) is -7.22. The Kier molecular flexibility index (Phi) is 5.22. The van der Waals surface area contributed by atoms with E-state index in [4.69, 9.17) is 15.3 Å². The first-order valence-corrected chi connectivity index (χ1v) is 5.94. The maximum absolute atomic E-state index is 11.4. The highest BCUT2D eigenvalue weighted by atomic mass is 16.5. The van der Waals surface area contributed by atoms with Gasteiger partial charge in [0.2, 0.25) is 0 Å². The Hall–Kier alpha value is -3.47. The van der Waals surface area contributed by atoms with Crippen LogP contribution < -0.4 is 0 Å². The van der Waals surface area contributed by atoms with Gasteiger partial charge in [-0.15, -0.1) is 0 Å². The summed E-state index contributed by atoms with van der Waals surface area (Å²) in [7, 11) is 1.03. The van der Waals surface area contributed by atoms with Crippen LogP contribution in [0.3, 0.4) is 0 Å². The largest absolute Gasteiger partial charge is 0.478 e. The van der Waals surface area contributed by atoms with Crippen LogP contribution in [0.2, 0.25) is 0 Å². The first-order valence-electron chi connectivity index (χ1n) is 5.94. The van der Waals surface area contributed by atoms with Crippen molar-refractivity contribution in [1.82, 2.24) is 0 Å². The van der Waals surface area contributed by atoms with Gasteiger partial charge in [0.1, 0.15) is 0 Å². The van der Waals surface area contributed by atoms with Crippen molar-refractivity contribution >= 4 is 29.8 Å². The Morgan fingerprint density at radius 2 is 0.875 bits per heavy atom. The smallest absolute Gasteiger partial charge is 0.337 e. The van der Waals surface area contributed by atoms with Crippen LogP contribution in [0.25, 0.3) is 0 Å². The fourth-order valence-corrected chi connectivity index (χ4v) is 2.20. The van der Waals surface area contributed by atoms with Crippen LogP contribution in [0, 0.1) is 0 Å². The minimum Gasteiger partial charge on any atom is -0.478 e. The fraction of sp³-hybridized carbons (Fsp3) is 0.154. The van der Waals surface area contributed by atoms with E-state index in [1.165, 1.54) is 0 Å². The second-order valence-electron chi connectivity index (χ2n) is 4.31. The Morgan fingerprint density at radius 1 is 0.625 bits per heavy atom. The van der Waals surface area contributed by atoms with Gasteiger partial charge in [-0.3, -0.25) is 0 Å². The molecule has 128 valence electrons. The molecule has 0 aliphatic carbocycles. The van der Waals surface area contributed by atoms with E-state index in [-0.39, 0.29) is 0 Å². The predicted molar refractivity (Wildman–Crippen MR) is 72.0 cm³/mol. The zero-order valence-corrected chi connectivity index (χ0v) is 11.9. The number of hydrogen-bond acceptors (Lipinski definition) is 6. The summed E-state index contributed by atoms with van der Waals surface area (Å²) in [6, 6.07) is 0. The Bertz CT molecular complexity index is 722. The van der Waals surface area contributed by atoms with E-state index in [2.05, 4.69) is 4.74 Å². The lowest BCUT2D eigenvalue weighted by Crippen LogP contribution is -2.26. The van der Waals surface area contributed by atoms with Crippen molar-refractivity contribution in [2.75, 3.05) is 7.11 Å². The average molecular weight is 342 g/mol. The zero-order valence-electron chi connectivity index (χ0n) is 11.9. The second-order valence-corrected chi connectivity index (χ2v) is 4.31. The van der Waals surface area contributed by atoms with Crippen LogP contribution in [0.1, 0.15) is 57.4 Å². The molecule has 0 bridgehead atoms. The van der Waals surface area contributed by atoms with Gasteiger partial charge in [0.05, 0.1) is 34.4 Å². The van der Waals surface area contributed by atoms with E-state index >= 15 is 0 Å². The zero-order chi connectivity index (χ0) is 18.8. The topological polar surface area (TPSA) is 196 Å². The standard InChI is InChI=1S/C13H10O11/c1-24-2-3-4(9(14)15)6(11(18)19)8(13(22)23)7(12(20)21)5(3)10(16)17/h2H2,1H3,(H,14,15)(H,16,17)(H,18,19)(H,20,21)(H,22,23). The fourth-order valence-electron chi connectivity index (χ4n) is 2.20. The molecule has 1 aromatic carbocycles. The highest BCUT2D eigenvalue weighted by Crippen LogP contribution is 2.30. The van der Waals surface area contributed by atoms with E-state index in [0.29, 0.717) is 0 Å². The third kappa shape index (κ3) is 3.01. The van der Waals surface area contributed by atoms with Crippen molar-refractivity contribution in [3.05, 3.63) is 33.4 Å². The number of hydrogen-bond donors (Lipinski definition) is 5. The second kappa shape index (κ2) is 6.75. The van der Waals surface area contributed by atoms with Gasteiger partial charge in [0.15, 0.2) is 0 Å². The molecule has 5 N–H and O–H groups in total. The molecule has 1 rings (SSSR count). The molecule has 0 atom stereocenters.